The number of rotatable bonds is 2. The van der Waals surface area contributed by atoms with Crippen molar-refractivity contribution in [3.63, 3.8) is 0 Å². The molecule has 72 valence electrons. The standard InChI is InChI=1S/C8H10F2N2O/c9-5-1-4(8(12)3-13)7(11)2-6(5)10/h1-2,8,13H,3,11-12H2/t8-/m0/s1. The van der Waals surface area contributed by atoms with Crippen LogP contribution in [0.25, 0.3) is 0 Å². The van der Waals surface area contributed by atoms with Gasteiger partial charge < -0.3 is 16.6 Å². The second-order valence-corrected chi connectivity index (χ2v) is 2.68. The summed E-state index contributed by atoms with van der Waals surface area (Å²) in [6.45, 7) is -0.366. The number of halogens is 2. The molecule has 0 aromatic heterocycles. The van der Waals surface area contributed by atoms with Crippen molar-refractivity contribution >= 4 is 5.69 Å². The van der Waals surface area contributed by atoms with E-state index in [1.165, 1.54) is 0 Å². The number of aliphatic hydroxyl groups excluding tert-OH is 1. The molecule has 1 atom stereocenters. The van der Waals surface area contributed by atoms with Crippen molar-refractivity contribution in [3.05, 3.63) is 29.3 Å². The summed E-state index contributed by atoms with van der Waals surface area (Å²) in [5.74, 6) is -2.04. The van der Waals surface area contributed by atoms with Gasteiger partial charge in [-0.15, -0.1) is 0 Å². The Hall–Kier alpha value is -1.20. The molecule has 0 unspecified atom stereocenters. The summed E-state index contributed by atoms with van der Waals surface area (Å²) < 4.78 is 25.3. The van der Waals surface area contributed by atoms with E-state index >= 15 is 0 Å². The van der Waals surface area contributed by atoms with Crippen molar-refractivity contribution in [1.82, 2.24) is 0 Å². The number of hydrogen-bond acceptors (Lipinski definition) is 3. The van der Waals surface area contributed by atoms with E-state index in [-0.39, 0.29) is 17.9 Å². The first-order chi connectivity index (χ1) is 6.06. The van der Waals surface area contributed by atoms with E-state index in [0.29, 0.717) is 0 Å². The zero-order chi connectivity index (χ0) is 10.0. The third-order valence-electron chi connectivity index (χ3n) is 1.72. The molecule has 0 fully saturated rings. The minimum Gasteiger partial charge on any atom is -0.398 e. The largest absolute Gasteiger partial charge is 0.398 e. The van der Waals surface area contributed by atoms with Crippen LogP contribution in [-0.2, 0) is 0 Å². The highest BCUT2D eigenvalue weighted by atomic mass is 19.2. The maximum atomic E-state index is 12.7. The first-order valence-electron chi connectivity index (χ1n) is 3.67. The third kappa shape index (κ3) is 1.93. The molecule has 0 saturated heterocycles. The predicted molar refractivity (Wildman–Crippen MR) is 44.8 cm³/mol. The monoisotopic (exact) mass is 188 g/mol. The Morgan fingerprint density at radius 2 is 1.85 bits per heavy atom. The predicted octanol–water partition coefficient (Wildman–Crippen LogP) is 0.539. The Balaban J connectivity index is 3.15. The van der Waals surface area contributed by atoms with Crippen molar-refractivity contribution in [3.8, 4) is 0 Å². The van der Waals surface area contributed by atoms with E-state index in [4.69, 9.17) is 16.6 Å². The molecule has 0 saturated carbocycles. The Morgan fingerprint density at radius 3 is 2.38 bits per heavy atom. The topological polar surface area (TPSA) is 72.3 Å². The van der Waals surface area contributed by atoms with Gasteiger partial charge in [-0.3, -0.25) is 0 Å². The number of hydrogen-bond donors (Lipinski definition) is 3. The summed E-state index contributed by atoms with van der Waals surface area (Å²) in [6.07, 6.45) is 0. The van der Waals surface area contributed by atoms with Gasteiger partial charge in [0.15, 0.2) is 11.6 Å². The highest BCUT2D eigenvalue weighted by molar-refractivity contribution is 5.49. The second-order valence-electron chi connectivity index (χ2n) is 2.68. The normalized spacial score (nSPS) is 12.9. The molecular weight excluding hydrogens is 178 g/mol. The van der Waals surface area contributed by atoms with Crippen molar-refractivity contribution < 1.29 is 13.9 Å². The lowest BCUT2D eigenvalue weighted by atomic mass is 10.1. The smallest absolute Gasteiger partial charge is 0.160 e. The van der Waals surface area contributed by atoms with Crippen LogP contribution in [0.2, 0.25) is 0 Å². The molecule has 5 N–H and O–H groups in total. The lowest BCUT2D eigenvalue weighted by Crippen LogP contribution is -2.16. The first-order valence-corrected chi connectivity index (χ1v) is 3.67. The molecule has 5 heteroatoms. The fourth-order valence-electron chi connectivity index (χ4n) is 0.997. The molecular formula is C8H10F2N2O. The van der Waals surface area contributed by atoms with Gasteiger partial charge in [0.25, 0.3) is 0 Å². The molecule has 1 rings (SSSR count). The maximum absolute atomic E-state index is 12.7. The highest BCUT2D eigenvalue weighted by Crippen LogP contribution is 2.21. The number of benzene rings is 1. The van der Waals surface area contributed by atoms with Gasteiger partial charge in [-0.2, -0.15) is 0 Å². The number of nitrogens with two attached hydrogens (primary N) is 2. The molecule has 1 aromatic carbocycles. The van der Waals surface area contributed by atoms with Crippen LogP contribution in [0.3, 0.4) is 0 Å². The van der Waals surface area contributed by atoms with Crippen LogP contribution in [0.15, 0.2) is 12.1 Å². The molecule has 0 aliphatic carbocycles. The first kappa shape index (κ1) is 9.88. The minimum atomic E-state index is -1.02. The average molecular weight is 188 g/mol. The summed E-state index contributed by atoms with van der Waals surface area (Å²) in [4.78, 5) is 0. The summed E-state index contributed by atoms with van der Waals surface area (Å²) in [5.41, 5.74) is 11.0. The van der Waals surface area contributed by atoms with Gasteiger partial charge in [0.05, 0.1) is 12.6 Å². The van der Waals surface area contributed by atoms with E-state index in [1.807, 2.05) is 0 Å². The Bertz CT molecular complexity index is 317. The second kappa shape index (κ2) is 3.68. The molecule has 0 spiro atoms. The van der Waals surface area contributed by atoms with Crippen LogP contribution in [0.1, 0.15) is 11.6 Å². The van der Waals surface area contributed by atoms with E-state index in [2.05, 4.69) is 0 Å². The lowest BCUT2D eigenvalue weighted by Gasteiger charge is -2.11. The minimum absolute atomic E-state index is 0.0421. The van der Waals surface area contributed by atoms with Crippen molar-refractivity contribution in [1.29, 1.82) is 0 Å². The van der Waals surface area contributed by atoms with Crippen LogP contribution in [0, 0.1) is 11.6 Å². The molecule has 0 bridgehead atoms. The van der Waals surface area contributed by atoms with E-state index < -0.39 is 17.7 Å². The van der Waals surface area contributed by atoms with Crippen molar-refractivity contribution in [2.75, 3.05) is 12.3 Å². The molecule has 0 aliphatic heterocycles. The highest BCUT2D eigenvalue weighted by Gasteiger charge is 2.12. The molecule has 0 aliphatic rings. The summed E-state index contributed by atoms with van der Waals surface area (Å²) >= 11 is 0. The van der Waals surface area contributed by atoms with E-state index in [9.17, 15) is 8.78 Å². The number of anilines is 1. The van der Waals surface area contributed by atoms with Crippen molar-refractivity contribution in [2.24, 2.45) is 5.73 Å². The summed E-state index contributed by atoms with van der Waals surface area (Å²) in [7, 11) is 0. The molecule has 13 heavy (non-hydrogen) atoms. The van der Waals surface area contributed by atoms with Crippen LogP contribution in [-0.4, -0.2) is 11.7 Å². The van der Waals surface area contributed by atoms with E-state index in [0.717, 1.165) is 12.1 Å². The van der Waals surface area contributed by atoms with Gasteiger partial charge in [0, 0.05) is 11.8 Å². The SMILES string of the molecule is Nc1cc(F)c(F)cc1[C@@H](N)CO. The number of aliphatic hydroxyl groups is 1. The molecule has 3 nitrogen and oxygen atoms in total. The third-order valence-corrected chi connectivity index (χ3v) is 1.72. The van der Waals surface area contributed by atoms with Gasteiger partial charge in [0.2, 0.25) is 0 Å². The van der Waals surface area contributed by atoms with Crippen LogP contribution >= 0.6 is 0 Å². The number of nitrogen functional groups attached to an aromatic ring is 1. The van der Waals surface area contributed by atoms with Crippen molar-refractivity contribution in [2.45, 2.75) is 6.04 Å². The quantitative estimate of drug-likeness (QED) is 0.593. The van der Waals surface area contributed by atoms with Crippen LogP contribution < -0.4 is 11.5 Å². The molecule has 0 radical (unpaired) electrons. The molecule has 1 aromatic rings. The van der Waals surface area contributed by atoms with Gasteiger partial charge in [0.1, 0.15) is 0 Å². The van der Waals surface area contributed by atoms with Crippen LogP contribution in [0.4, 0.5) is 14.5 Å². The lowest BCUT2D eigenvalue weighted by molar-refractivity contribution is 0.268. The average Bonchev–Trinajstić information content (AvgIpc) is 2.10. The summed E-state index contributed by atoms with van der Waals surface area (Å²) in [6, 6.07) is 0.959. The zero-order valence-corrected chi connectivity index (χ0v) is 6.80. The van der Waals surface area contributed by atoms with Gasteiger partial charge in [-0.25, -0.2) is 8.78 Å². The van der Waals surface area contributed by atoms with Crippen LogP contribution in [0.5, 0.6) is 0 Å². The van der Waals surface area contributed by atoms with Gasteiger partial charge in [-0.05, 0) is 11.6 Å². The van der Waals surface area contributed by atoms with Gasteiger partial charge in [-0.1, -0.05) is 0 Å². The van der Waals surface area contributed by atoms with Gasteiger partial charge >= 0.3 is 0 Å². The molecule has 0 amide bonds. The van der Waals surface area contributed by atoms with E-state index in [1.54, 1.807) is 0 Å². The fourth-order valence-corrected chi connectivity index (χ4v) is 0.997. The Morgan fingerprint density at radius 1 is 1.31 bits per heavy atom. The Labute approximate surface area is 74.0 Å². The zero-order valence-electron chi connectivity index (χ0n) is 6.80. The Kier molecular flexibility index (Phi) is 2.79. The molecule has 0 heterocycles. The maximum Gasteiger partial charge on any atom is 0.160 e. The fraction of sp³-hybridized carbons (Fsp3) is 0.250. The summed E-state index contributed by atoms with van der Waals surface area (Å²) in [5, 5.41) is 8.68.